The molecule has 0 bridgehead atoms. The van der Waals surface area contributed by atoms with Crippen LogP contribution in [0.2, 0.25) is 0 Å². The molecule has 0 aliphatic rings. The summed E-state index contributed by atoms with van der Waals surface area (Å²) in [6.45, 7) is 6.63. The molecule has 3 nitrogen and oxygen atoms in total. The zero-order chi connectivity index (χ0) is 9.99. The average Bonchev–Trinajstić information content (AvgIpc) is 1.48. The van der Waals surface area contributed by atoms with Crippen LogP contribution in [0.15, 0.2) is 0 Å². The van der Waals surface area contributed by atoms with E-state index in [-0.39, 0.29) is 6.10 Å². The van der Waals surface area contributed by atoms with Crippen LogP contribution in [0.25, 0.3) is 0 Å². The van der Waals surface area contributed by atoms with Gasteiger partial charge in [0.1, 0.15) is 5.75 Å². The van der Waals surface area contributed by atoms with Crippen LogP contribution in [0, 0.1) is 0 Å². The smallest absolute Gasteiger partial charge is 0.305 e. The lowest BCUT2D eigenvalue weighted by Crippen LogP contribution is -2.34. The van der Waals surface area contributed by atoms with Crippen molar-refractivity contribution in [2.45, 2.75) is 39.4 Å². The molecule has 12 heavy (non-hydrogen) atoms. The van der Waals surface area contributed by atoms with Gasteiger partial charge in [0, 0.05) is 0 Å². The molecular weight excluding hydrogens is 183 g/mol. The van der Waals surface area contributed by atoms with E-state index in [4.69, 9.17) is 4.74 Å². The van der Waals surface area contributed by atoms with Gasteiger partial charge >= 0.3 is 10.2 Å². The molecule has 0 radical (unpaired) electrons. The topological polar surface area (TPSA) is 43.4 Å². The minimum absolute atomic E-state index is 0.109. The van der Waals surface area contributed by atoms with E-state index in [1.54, 1.807) is 27.7 Å². The summed E-state index contributed by atoms with van der Waals surface area (Å²) in [4.78, 5) is 0. The summed E-state index contributed by atoms with van der Waals surface area (Å²) >= 11 is 0. The fourth-order valence-corrected chi connectivity index (χ4v) is 1.99. The molecule has 0 aliphatic heterocycles. The minimum atomic E-state index is -4.45. The molecule has 0 atom stereocenters. The molecule has 0 amide bonds. The van der Waals surface area contributed by atoms with Crippen molar-refractivity contribution in [2.24, 2.45) is 0 Å². The Balaban J connectivity index is 4.23. The minimum Gasteiger partial charge on any atom is -0.372 e. The van der Waals surface area contributed by atoms with E-state index in [1.165, 1.54) is 0 Å². The molecule has 0 saturated carbocycles. The third kappa shape index (κ3) is 6.54. The first-order valence-corrected chi connectivity index (χ1v) is 5.28. The van der Waals surface area contributed by atoms with Gasteiger partial charge in [-0.2, -0.15) is 8.42 Å². The van der Waals surface area contributed by atoms with Crippen LogP contribution in [0.4, 0.5) is 3.89 Å². The van der Waals surface area contributed by atoms with Crippen molar-refractivity contribution >= 4 is 10.2 Å². The summed E-state index contributed by atoms with van der Waals surface area (Å²) < 4.78 is 38.0. The van der Waals surface area contributed by atoms with E-state index in [2.05, 4.69) is 0 Å². The Morgan fingerprint density at radius 3 is 2.08 bits per heavy atom. The Kier molecular flexibility index (Phi) is 3.65. The normalized spacial score (nSPS) is 13.8. The molecule has 0 unspecified atom stereocenters. The Bertz CT molecular complexity index is 231. The monoisotopic (exact) mass is 198 g/mol. The molecule has 0 heterocycles. The molecule has 0 spiro atoms. The van der Waals surface area contributed by atoms with E-state index in [9.17, 15) is 12.3 Å². The van der Waals surface area contributed by atoms with E-state index in [0.717, 1.165) is 0 Å². The molecule has 0 fully saturated rings. The van der Waals surface area contributed by atoms with Crippen LogP contribution < -0.4 is 0 Å². The number of hydrogen-bond acceptors (Lipinski definition) is 3. The SMILES string of the molecule is CC(C)OC(C)(C)CS(=O)(=O)F. The number of hydrogen-bond donors (Lipinski definition) is 0. The molecule has 0 saturated heterocycles. The van der Waals surface area contributed by atoms with Crippen molar-refractivity contribution in [1.82, 2.24) is 0 Å². The molecule has 74 valence electrons. The predicted molar refractivity (Wildman–Crippen MR) is 45.2 cm³/mol. The lowest BCUT2D eigenvalue weighted by atomic mass is 10.2. The highest BCUT2D eigenvalue weighted by Gasteiger charge is 2.27. The third-order valence-electron chi connectivity index (χ3n) is 1.07. The Labute approximate surface area is 73.1 Å². The highest BCUT2D eigenvalue weighted by Crippen LogP contribution is 2.15. The van der Waals surface area contributed by atoms with Crippen molar-refractivity contribution in [2.75, 3.05) is 5.75 Å². The Morgan fingerprint density at radius 1 is 1.42 bits per heavy atom. The second-order valence-corrected chi connectivity index (χ2v) is 4.98. The molecule has 0 rings (SSSR count). The first kappa shape index (κ1) is 11.8. The van der Waals surface area contributed by atoms with Gasteiger partial charge in [-0.05, 0) is 27.7 Å². The van der Waals surface area contributed by atoms with Crippen molar-refractivity contribution in [3.05, 3.63) is 0 Å². The fraction of sp³-hybridized carbons (Fsp3) is 1.00. The van der Waals surface area contributed by atoms with Gasteiger partial charge in [0.15, 0.2) is 0 Å². The van der Waals surface area contributed by atoms with Gasteiger partial charge < -0.3 is 4.74 Å². The Hall–Kier alpha value is -0.160. The molecule has 0 aromatic rings. The van der Waals surface area contributed by atoms with Crippen molar-refractivity contribution in [3.8, 4) is 0 Å². The molecule has 0 aromatic heterocycles. The van der Waals surface area contributed by atoms with Gasteiger partial charge in [0.2, 0.25) is 0 Å². The summed E-state index contributed by atoms with van der Waals surface area (Å²) in [6, 6.07) is 0. The maximum Gasteiger partial charge on any atom is 0.305 e. The second kappa shape index (κ2) is 3.70. The third-order valence-corrected chi connectivity index (χ3v) is 2.11. The molecule has 0 N–H and O–H groups in total. The molecular formula is C7H15FO3S. The highest BCUT2D eigenvalue weighted by atomic mass is 32.3. The molecule has 0 aliphatic carbocycles. The van der Waals surface area contributed by atoms with Gasteiger partial charge in [-0.1, -0.05) is 0 Å². The lowest BCUT2D eigenvalue weighted by Gasteiger charge is -2.25. The quantitative estimate of drug-likeness (QED) is 0.643. The van der Waals surface area contributed by atoms with Gasteiger partial charge in [0.05, 0.1) is 11.7 Å². The van der Waals surface area contributed by atoms with Gasteiger partial charge in [-0.3, -0.25) is 0 Å². The maximum absolute atomic E-state index is 12.2. The summed E-state index contributed by atoms with van der Waals surface area (Å²) in [5.41, 5.74) is -0.957. The zero-order valence-electron chi connectivity index (χ0n) is 7.80. The zero-order valence-corrected chi connectivity index (χ0v) is 8.61. The standard InChI is InChI=1S/C7H15FO3S/c1-6(2)11-7(3,4)5-12(8,9)10/h6H,5H2,1-4H3. The summed E-state index contributed by atoms with van der Waals surface area (Å²) in [5, 5.41) is 0. The van der Waals surface area contributed by atoms with Crippen LogP contribution in [0.3, 0.4) is 0 Å². The van der Waals surface area contributed by atoms with Crippen molar-refractivity contribution < 1.29 is 17.0 Å². The summed E-state index contributed by atoms with van der Waals surface area (Å²) in [5.74, 6) is -0.599. The van der Waals surface area contributed by atoms with Crippen LogP contribution in [0.1, 0.15) is 27.7 Å². The fourth-order valence-electron chi connectivity index (χ4n) is 1.09. The maximum atomic E-state index is 12.2. The highest BCUT2D eigenvalue weighted by molar-refractivity contribution is 7.86. The second-order valence-electron chi connectivity index (χ2n) is 3.61. The van der Waals surface area contributed by atoms with E-state index in [1.807, 2.05) is 0 Å². The summed E-state index contributed by atoms with van der Waals surface area (Å²) in [6.07, 6.45) is -0.109. The van der Waals surface area contributed by atoms with Gasteiger partial charge in [-0.25, -0.2) is 0 Å². The van der Waals surface area contributed by atoms with Crippen LogP contribution in [-0.4, -0.2) is 25.9 Å². The van der Waals surface area contributed by atoms with Crippen molar-refractivity contribution in [3.63, 3.8) is 0 Å². The largest absolute Gasteiger partial charge is 0.372 e. The number of rotatable bonds is 4. The first-order chi connectivity index (χ1) is 5.12. The Morgan fingerprint density at radius 2 is 1.83 bits per heavy atom. The average molecular weight is 198 g/mol. The summed E-state index contributed by atoms with van der Waals surface area (Å²) in [7, 11) is -4.45. The van der Waals surface area contributed by atoms with E-state index >= 15 is 0 Å². The van der Waals surface area contributed by atoms with Gasteiger partial charge in [-0.15, -0.1) is 3.89 Å². The van der Waals surface area contributed by atoms with Crippen LogP contribution in [-0.2, 0) is 15.0 Å². The van der Waals surface area contributed by atoms with E-state index in [0.29, 0.717) is 0 Å². The van der Waals surface area contributed by atoms with Crippen LogP contribution >= 0.6 is 0 Å². The predicted octanol–water partition coefficient (Wildman–Crippen LogP) is 1.49. The first-order valence-electron chi connectivity index (χ1n) is 3.72. The van der Waals surface area contributed by atoms with Crippen LogP contribution in [0.5, 0.6) is 0 Å². The molecule has 5 heteroatoms. The number of halogens is 1. The number of ether oxygens (including phenoxy) is 1. The van der Waals surface area contributed by atoms with E-state index < -0.39 is 21.6 Å². The van der Waals surface area contributed by atoms with Crippen molar-refractivity contribution in [1.29, 1.82) is 0 Å². The lowest BCUT2D eigenvalue weighted by molar-refractivity contribution is -0.0404. The molecule has 0 aromatic carbocycles. The van der Waals surface area contributed by atoms with Gasteiger partial charge in [0.25, 0.3) is 0 Å².